The molecule has 1 unspecified atom stereocenters. The van der Waals surface area contributed by atoms with Crippen molar-refractivity contribution in [2.24, 2.45) is 0 Å². The van der Waals surface area contributed by atoms with Gasteiger partial charge in [-0.1, -0.05) is 6.07 Å². The first kappa shape index (κ1) is 14.2. The van der Waals surface area contributed by atoms with Crippen LogP contribution in [-0.2, 0) is 4.79 Å². The predicted molar refractivity (Wildman–Crippen MR) is 81.9 cm³/mol. The number of nitrogens with zero attached hydrogens (tertiary/aromatic N) is 1. The van der Waals surface area contributed by atoms with E-state index in [1.807, 2.05) is 17.0 Å². The molecule has 1 atom stereocenters. The van der Waals surface area contributed by atoms with E-state index < -0.39 is 6.10 Å². The number of fused-ring (bicyclic) bond motifs is 1. The van der Waals surface area contributed by atoms with Crippen LogP contribution in [-0.4, -0.2) is 56.2 Å². The Bertz CT molecular complexity index is 524. The van der Waals surface area contributed by atoms with Gasteiger partial charge in [0.2, 0.25) is 0 Å². The number of benzene rings is 1. The standard InChI is InChI=1S/C16H23N3O2/c1-3-18-6-8-19(9-7-18)16(20)15-11-17-13-10-12(2)4-5-14(13)21-15/h4-5,10,15,17H,3,6-9,11H2,1-2H3/p+1. The number of likely N-dealkylation sites (N-methyl/N-ethyl adjacent to an activating group) is 1. The Kier molecular flexibility index (Phi) is 4.01. The summed E-state index contributed by atoms with van der Waals surface area (Å²) in [6.07, 6.45) is -0.400. The largest absolute Gasteiger partial charge is 0.477 e. The van der Waals surface area contributed by atoms with Crippen LogP contribution >= 0.6 is 0 Å². The van der Waals surface area contributed by atoms with E-state index in [4.69, 9.17) is 4.74 Å². The first-order valence-corrected chi connectivity index (χ1v) is 7.81. The molecule has 3 rings (SSSR count). The molecule has 0 aromatic heterocycles. The summed E-state index contributed by atoms with van der Waals surface area (Å²) < 4.78 is 5.89. The van der Waals surface area contributed by atoms with Crippen LogP contribution < -0.4 is 15.0 Å². The lowest BCUT2D eigenvalue weighted by Crippen LogP contribution is -3.14. The SMILES string of the molecule is CC[NH+]1CCN(C(=O)C2CNc3cc(C)ccc3O2)CC1. The van der Waals surface area contributed by atoms with Crippen LogP contribution in [0.4, 0.5) is 5.69 Å². The fourth-order valence-electron chi connectivity index (χ4n) is 3.02. The molecular weight excluding hydrogens is 266 g/mol. The third kappa shape index (κ3) is 2.97. The van der Waals surface area contributed by atoms with Gasteiger partial charge in [0.25, 0.3) is 5.91 Å². The van der Waals surface area contributed by atoms with Crippen molar-refractivity contribution in [1.29, 1.82) is 0 Å². The van der Waals surface area contributed by atoms with Crippen molar-refractivity contribution in [3.8, 4) is 5.75 Å². The Labute approximate surface area is 125 Å². The zero-order chi connectivity index (χ0) is 14.8. The number of hydrogen-bond donors (Lipinski definition) is 2. The van der Waals surface area contributed by atoms with Gasteiger partial charge in [0, 0.05) is 0 Å². The average Bonchev–Trinajstić information content (AvgIpc) is 2.53. The number of quaternary nitrogens is 1. The second-order valence-electron chi connectivity index (χ2n) is 5.92. The molecule has 0 saturated carbocycles. The van der Waals surface area contributed by atoms with Crippen molar-refractivity contribution in [3.05, 3.63) is 23.8 Å². The normalized spacial score (nSPS) is 22.2. The molecule has 0 radical (unpaired) electrons. The number of ether oxygens (including phenoxy) is 1. The second kappa shape index (κ2) is 5.93. The molecule has 1 amide bonds. The van der Waals surface area contributed by atoms with Gasteiger partial charge in [0.05, 0.1) is 45.0 Å². The van der Waals surface area contributed by atoms with Crippen molar-refractivity contribution in [3.63, 3.8) is 0 Å². The van der Waals surface area contributed by atoms with Crippen LogP contribution in [0.5, 0.6) is 5.75 Å². The van der Waals surface area contributed by atoms with Crippen molar-refractivity contribution < 1.29 is 14.4 Å². The molecule has 5 nitrogen and oxygen atoms in total. The molecule has 2 heterocycles. The Morgan fingerprint density at radius 3 is 2.90 bits per heavy atom. The number of carbonyl (C=O) groups excluding carboxylic acids is 1. The number of piperazine rings is 1. The van der Waals surface area contributed by atoms with E-state index in [2.05, 4.69) is 25.2 Å². The van der Waals surface area contributed by atoms with Crippen LogP contribution in [0, 0.1) is 6.92 Å². The van der Waals surface area contributed by atoms with E-state index in [1.54, 1.807) is 4.90 Å². The van der Waals surface area contributed by atoms with Gasteiger partial charge >= 0.3 is 0 Å². The fourth-order valence-corrected chi connectivity index (χ4v) is 3.02. The van der Waals surface area contributed by atoms with Gasteiger partial charge < -0.3 is 19.9 Å². The number of nitrogens with one attached hydrogen (secondary N) is 2. The Balaban J connectivity index is 1.63. The summed E-state index contributed by atoms with van der Waals surface area (Å²) >= 11 is 0. The van der Waals surface area contributed by atoms with E-state index in [1.165, 1.54) is 5.56 Å². The maximum absolute atomic E-state index is 12.6. The monoisotopic (exact) mass is 290 g/mol. The van der Waals surface area contributed by atoms with Crippen LogP contribution in [0.2, 0.25) is 0 Å². The minimum absolute atomic E-state index is 0.115. The Morgan fingerprint density at radius 1 is 1.43 bits per heavy atom. The van der Waals surface area contributed by atoms with Gasteiger partial charge in [0.1, 0.15) is 5.75 Å². The van der Waals surface area contributed by atoms with Crippen molar-refractivity contribution >= 4 is 11.6 Å². The number of aryl methyl sites for hydroxylation is 1. The molecule has 1 saturated heterocycles. The summed E-state index contributed by atoms with van der Waals surface area (Å²) in [6.45, 7) is 9.68. The van der Waals surface area contributed by atoms with E-state index >= 15 is 0 Å². The summed E-state index contributed by atoms with van der Waals surface area (Å²) in [6, 6.07) is 6.01. The smallest absolute Gasteiger partial charge is 0.265 e. The molecule has 0 aliphatic carbocycles. The highest BCUT2D eigenvalue weighted by atomic mass is 16.5. The molecule has 5 heteroatoms. The number of anilines is 1. The van der Waals surface area contributed by atoms with Gasteiger partial charge in [-0.25, -0.2) is 0 Å². The van der Waals surface area contributed by atoms with Crippen molar-refractivity contribution in [1.82, 2.24) is 4.90 Å². The maximum atomic E-state index is 12.6. The van der Waals surface area contributed by atoms with Crippen LogP contribution in [0.3, 0.4) is 0 Å². The van der Waals surface area contributed by atoms with E-state index in [-0.39, 0.29) is 5.91 Å². The van der Waals surface area contributed by atoms with Gasteiger partial charge in [-0.2, -0.15) is 0 Å². The van der Waals surface area contributed by atoms with Gasteiger partial charge in [-0.05, 0) is 31.5 Å². The molecular formula is C16H24N3O2+. The van der Waals surface area contributed by atoms with Crippen LogP contribution in [0.1, 0.15) is 12.5 Å². The molecule has 114 valence electrons. The lowest BCUT2D eigenvalue weighted by Gasteiger charge is -2.35. The van der Waals surface area contributed by atoms with Gasteiger partial charge in [-0.3, -0.25) is 4.79 Å². The van der Waals surface area contributed by atoms with Gasteiger partial charge in [-0.15, -0.1) is 0 Å². The molecule has 0 bridgehead atoms. The third-order valence-electron chi connectivity index (χ3n) is 4.44. The molecule has 0 spiro atoms. The number of hydrogen-bond acceptors (Lipinski definition) is 3. The van der Waals surface area contributed by atoms with Gasteiger partial charge in [0.15, 0.2) is 6.10 Å². The topological polar surface area (TPSA) is 46.0 Å². The first-order chi connectivity index (χ1) is 10.2. The van der Waals surface area contributed by atoms with Crippen molar-refractivity contribution in [2.45, 2.75) is 20.0 Å². The highest BCUT2D eigenvalue weighted by Gasteiger charge is 2.32. The first-order valence-electron chi connectivity index (χ1n) is 7.81. The lowest BCUT2D eigenvalue weighted by molar-refractivity contribution is -0.902. The zero-order valence-corrected chi connectivity index (χ0v) is 12.8. The summed E-state index contributed by atoms with van der Waals surface area (Å²) in [7, 11) is 0. The maximum Gasteiger partial charge on any atom is 0.265 e. The molecule has 2 aliphatic rings. The number of amides is 1. The molecule has 1 aromatic carbocycles. The highest BCUT2D eigenvalue weighted by Crippen LogP contribution is 2.30. The molecule has 1 fully saturated rings. The Hall–Kier alpha value is -1.75. The molecule has 2 N–H and O–H groups in total. The molecule has 2 aliphatic heterocycles. The van der Waals surface area contributed by atoms with E-state index in [9.17, 15) is 4.79 Å². The quantitative estimate of drug-likeness (QED) is 0.800. The Morgan fingerprint density at radius 2 is 2.19 bits per heavy atom. The predicted octanol–water partition coefficient (Wildman–Crippen LogP) is -0.0851. The van der Waals surface area contributed by atoms with Crippen LogP contribution in [0.25, 0.3) is 0 Å². The zero-order valence-electron chi connectivity index (χ0n) is 12.8. The minimum atomic E-state index is -0.400. The van der Waals surface area contributed by atoms with Crippen LogP contribution in [0.15, 0.2) is 18.2 Å². The summed E-state index contributed by atoms with van der Waals surface area (Å²) in [5.41, 5.74) is 2.17. The summed E-state index contributed by atoms with van der Waals surface area (Å²) in [4.78, 5) is 16.1. The minimum Gasteiger partial charge on any atom is -0.477 e. The summed E-state index contributed by atoms with van der Waals surface area (Å²) in [5.74, 6) is 0.895. The molecule has 1 aromatic rings. The third-order valence-corrected chi connectivity index (χ3v) is 4.44. The fraction of sp³-hybridized carbons (Fsp3) is 0.562. The summed E-state index contributed by atoms with van der Waals surface area (Å²) in [5, 5.41) is 3.32. The number of rotatable bonds is 2. The average molecular weight is 290 g/mol. The highest BCUT2D eigenvalue weighted by molar-refractivity contribution is 5.83. The van der Waals surface area contributed by atoms with E-state index in [0.29, 0.717) is 6.54 Å². The van der Waals surface area contributed by atoms with E-state index in [0.717, 1.165) is 44.2 Å². The molecule has 21 heavy (non-hydrogen) atoms. The second-order valence-corrected chi connectivity index (χ2v) is 5.92. The number of carbonyl (C=O) groups is 1. The van der Waals surface area contributed by atoms with Crippen molar-refractivity contribution in [2.75, 3.05) is 44.6 Å². The lowest BCUT2D eigenvalue weighted by atomic mass is 10.1.